The fourth-order valence-corrected chi connectivity index (χ4v) is 2.22. The number of halogens is 2. The number of nitrogen functional groups attached to an aromatic ring is 1. The van der Waals surface area contributed by atoms with E-state index >= 15 is 0 Å². The molecule has 1 saturated carbocycles. The van der Waals surface area contributed by atoms with Crippen molar-refractivity contribution in [3.8, 4) is 0 Å². The van der Waals surface area contributed by atoms with Crippen LogP contribution in [-0.2, 0) is 4.74 Å². The number of rotatable bonds is 3. The van der Waals surface area contributed by atoms with E-state index in [0.29, 0.717) is 0 Å². The number of ether oxygens (including phenoxy) is 1. The Hall–Kier alpha value is -1.36. The zero-order chi connectivity index (χ0) is 12.4. The first-order valence-corrected chi connectivity index (χ1v) is 5.64. The molecular weight excluding hydrogens is 226 g/mol. The fourth-order valence-electron chi connectivity index (χ4n) is 2.22. The Labute approximate surface area is 98.9 Å². The second kappa shape index (κ2) is 4.87. The van der Waals surface area contributed by atoms with E-state index in [9.17, 15) is 8.78 Å². The van der Waals surface area contributed by atoms with Gasteiger partial charge in [0.05, 0.1) is 6.10 Å². The lowest BCUT2D eigenvalue weighted by Crippen LogP contribution is -2.19. The largest absolute Gasteiger partial charge is 0.399 e. The van der Waals surface area contributed by atoms with Gasteiger partial charge in [-0.3, -0.25) is 0 Å². The maximum absolute atomic E-state index is 13.5. The Balaban J connectivity index is 2.09. The van der Waals surface area contributed by atoms with Crippen LogP contribution in [0.3, 0.4) is 0 Å². The van der Waals surface area contributed by atoms with Crippen LogP contribution in [0.25, 0.3) is 0 Å². The van der Waals surface area contributed by atoms with Crippen LogP contribution < -0.4 is 11.1 Å². The highest BCUT2D eigenvalue weighted by atomic mass is 19.1. The Morgan fingerprint density at radius 1 is 1.29 bits per heavy atom. The van der Waals surface area contributed by atoms with E-state index in [-0.39, 0.29) is 23.5 Å². The van der Waals surface area contributed by atoms with Crippen LogP contribution in [0, 0.1) is 11.6 Å². The van der Waals surface area contributed by atoms with E-state index < -0.39 is 11.6 Å². The van der Waals surface area contributed by atoms with Gasteiger partial charge < -0.3 is 15.8 Å². The van der Waals surface area contributed by atoms with E-state index in [1.807, 2.05) is 0 Å². The number of hydrogen-bond acceptors (Lipinski definition) is 3. The van der Waals surface area contributed by atoms with Gasteiger partial charge in [0, 0.05) is 18.8 Å². The Bertz CT molecular complexity index is 388. The molecule has 1 aliphatic carbocycles. The quantitative estimate of drug-likeness (QED) is 0.801. The summed E-state index contributed by atoms with van der Waals surface area (Å²) in [5, 5.41) is 2.88. The fraction of sp³-hybridized carbons (Fsp3) is 0.500. The van der Waals surface area contributed by atoms with Gasteiger partial charge in [0.1, 0.15) is 5.69 Å². The molecule has 2 rings (SSSR count). The first-order chi connectivity index (χ1) is 8.10. The SMILES string of the molecule is COC1CCC(Nc2c(F)cc(N)cc2F)C1. The minimum atomic E-state index is -0.650. The molecule has 0 spiro atoms. The van der Waals surface area contributed by atoms with Crippen LogP contribution in [0.1, 0.15) is 19.3 Å². The summed E-state index contributed by atoms with van der Waals surface area (Å²) in [7, 11) is 1.65. The number of nitrogens with one attached hydrogen (secondary N) is 1. The molecule has 3 nitrogen and oxygen atoms in total. The van der Waals surface area contributed by atoms with Gasteiger partial charge in [0.25, 0.3) is 0 Å². The highest BCUT2D eigenvalue weighted by molar-refractivity contribution is 5.54. The first kappa shape index (κ1) is 12.1. The van der Waals surface area contributed by atoms with E-state index in [0.717, 1.165) is 31.4 Å². The zero-order valence-electron chi connectivity index (χ0n) is 9.67. The lowest BCUT2D eigenvalue weighted by atomic mass is 10.2. The molecule has 0 heterocycles. The average Bonchev–Trinajstić information content (AvgIpc) is 2.71. The number of benzene rings is 1. The molecule has 0 aliphatic heterocycles. The van der Waals surface area contributed by atoms with Crippen molar-refractivity contribution in [2.75, 3.05) is 18.2 Å². The van der Waals surface area contributed by atoms with Crippen LogP contribution in [0.4, 0.5) is 20.2 Å². The predicted octanol–water partition coefficient (Wildman–Crippen LogP) is 2.53. The van der Waals surface area contributed by atoms with Gasteiger partial charge in [0.2, 0.25) is 0 Å². The molecule has 1 aliphatic rings. The minimum Gasteiger partial charge on any atom is -0.399 e. The Kier molecular flexibility index (Phi) is 3.47. The minimum absolute atomic E-state index is 0.0487. The van der Waals surface area contributed by atoms with Crippen LogP contribution in [0.2, 0.25) is 0 Å². The number of hydrogen-bond donors (Lipinski definition) is 2. The monoisotopic (exact) mass is 242 g/mol. The van der Waals surface area contributed by atoms with Gasteiger partial charge in [-0.25, -0.2) is 8.78 Å². The molecule has 17 heavy (non-hydrogen) atoms. The predicted molar refractivity (Wildman–Crippen MR) is 62.8 cm³/mol. The molecule has 94 valence electrons. The van der Waals surface area contributed by atoms with E-state index in [1.54, 1.807) is 7.11 Å². The molecule has 0 radical (unpaired) electrons. The van der Waals surface area contributed by atoms with Crippen molar-refractivity contribution < 1.29 is 13.5 Å². The Morgan fingerprint density at radius 3 is 2.47 bits per heavy atom. The summed E-state index contributed by atoms with van der Waals surface area (Å²) >= 11 is 0. The second-order valence-corrected chi connectivity index (χ2v) is 4.37. The molecule has 1 fully saturated rings. The van der Waals surface area contributed by atoms with E-state index in [1.165, 1.54) is 0 Å². The van der Waals surface area contributed by atoms with Gasteiger partial charge in [-0.2, -0.15) is 0 Å². The summed E-state index contributed by atoms with van der Waals surface area (Å²) in [6.07, 6.45) is 2.70. The molecule has 3 N–H and O–H groups in total. The van der Waals surface area contributed by atoms with Crippen LogP contribution in [0.15, 0.2) is 12.1 Å². The highest BCUT2D eigenvalue weighted by Crippen LogP contribution is 2.28. The van der Waals surface area contributed by atoms with Crippen molar-refractivity contribution in [2.45, 2.75) is 31.4 Å². The van der Waals surface area contributed by atoms with Gasteiger partial charge in [-0.1, -0.05) is 0 Å². The van der Waals surface area contributed by atoms with Gasteiger partial charge in [-0.05, 0) is 31.4 Å². The van der Waals surface area contributed by atoms with Gasteiger partial charge in [0.15, 0.2) is 11.6 Å². The molecule has 0 amide bonds. The summed E-state index contributed by atoms with van der Waals surface area (Å²) < 4.78 is 32.3. The molecular formula is C12H16F2N2O. The smallest absolute Gasteiger partial charge is 0.151 e. The third-order valence-corrected chi connectivity index (χ3v) is 3.13. The lowest BCUT2D eigenvalue weighted by molar-refractivity contribution is 0.108. The van der Waals surface area contributed by atoms with Crippen molar-refractivity contribution in [2.24, 2.45) is 0 Å². The first-order valence-electron chi connectivity index (χ1n) is 5.64. The summed E-state index contributed by atoms with van der Waals surface area (Å²) in [5.41, 5.74) is 5.35. The molecule has 0 bridgehead atoms. The van der Waals surface area contributed by atoms with Gasteiger partial charge in [-0.15, -0.1) is 0 Å². The summed E-state index contributed by atoms with van der Waals surface area (Å²) in [4.78, 5) is 0. The maximum Gasteiger partial charge on any atom is 0.151 e. The van der Waals surface area contributed by atoms with Gasteiger partial charge >= 0.3 is 0 Å². The number of methoxy groups -OCH3 is 1. The van der Waals surface area contributed by atoms with Crippen LogP contribution in [-0.4, -0.2) is 19.3 Å². The van der Waals surface area contributed by atoms with Crippen molar-refractivity contribution in [3.05, 3.63) is 23.8 Å². The lowest BCUT2D eigenvalue weighted by Gasteiger charge is -2.16. The Morgan fingerprint density at radius 2 is 1.94 bits per heavy atom. The van der Waals surface area contributed by atoms with Crippen molar-refractivity contribution >= 4 is 11.4 Å². The summed E-state index contributed by atoms with van der Waals surface area (Å²) in [6, 6.07) is 2.29. The van der Waals surface area contributed by atoms with Crippen LogP contribution in [0.5, 0.6) is 0 Å². The van der Waals surface area contributed by atoms with Crippen molar-refractivity contribution in [3.63, 3.8) is 0 Å². The van der Waals surface area contributed by atoms with E-state index in [4.69, 9.17) is 10.5 Å². The third-order valence-electron chi connectivity index (χ3n) is 3.13. The molecule has 2 unspecified atom stereocenters. The second-order valence-electron chi connectivity index (χ2n) is 4.37. The molecule has 0 aromatic heterocycles. The molecule has 2 atom stereocenters. The number of nitrogens with two attached hydrogens (primary N) is 1. The topological polar surface area (TPSA) is 47.3 Å². The molecule has 1 aromatic carbocycles. The molecule has 1 aromatic rings. The summed E-state index contributed by atoms with van der Waals surface area (Å²) in [5.74, 6) is -1.30. The highest BCUT2D eigenvalue weighted by Gasteiger charge is 2.25. The molecule has 5 heteroatoms. The zero-order valence-corrected chi connectivity index (χ0v) is 9.67. The summed E-state index contributed by atoms with van der Waals surface area (Å²) in [6.45, 7) is 0. The molecule has 0 saturated heterocycles. The van der Waals surface area contributed by atoms with Crippen molar-refractivity contribution in [1.82, 2.24) is 0 Å². The number of anilines is 2. The standard InChI is InChI=1S/C12H16F2N2O/c1-17-9-3-2-8(6-9)16-12-10(13)4-7(15)5-11(12)14/h4-5,8-9,16H,2-3,6,15H2,1H3. The van der Waals surface area contributed by atoms with Crippen LogP contribution >= 0.6 is 0 Å². The normalized spacial score (nSPS) is 23.9. The maximum atomic E-state index is 13.5. The third kappa shape index (κ3) is 2.66. The van der Waals surface area contributed by atoms with E-state index in [2.05, 4.69) is 5.32 Å². The average molecular weight is 242 g/mol. The van der Waals surface area contributed by atoms with Crippen molar-refractivity contribution in [1.29, 1.82) is 0 Å².